The fourth-order valence-corrected chi connectivity index (χ4v) is 4.00. The normalized spacial score (nSPS) is 18.2. The largest absolute Gasteiger partial charge is 0.345 e. The minimum absolute atomic E-state index is 0.0225. The zero-order valence-electron chi connectivity index (χ0n) is 13.9. The first-order chi connectivity index (χ1) is 11.9. The lowest BCUT2D eigenvalue weighted by Crippen LogP contribution is -2.36. The molecule has 2 N–H and O–H groups in total. The molecule has 2 fully saturated rings. The van der Waals surface area contributed by atoms with Crippen LogP contribution in [0.25, 0.3) is 0 Å². The van der Waals surface area contributed by atoms with E-state index in [0.29, 0.717) is 6.54 Å². The molecular formula is C16H22N4O4S. The minimum atomic E-state index is -3.67. The number of sulfonamides is 1. The van der Waals surface area contributed by atoms with E-state index in [1.807, 2.05) is 0 Å². The monoisotopic (exact) mass is 366 g/mol. The molecule has 0 spiro atoms. The van der Waals surface area contributed by atoms with Gasteiger partial charge in [-0.15, -0.1) is 0 Å². The van der Waals surface area contributed by atoms with Gasteiger partial charge in [0.25, 0.3) is 5.91 Å². The topological polar surface area (TPSA) is 108 Å². The Labute approximate surface area is 147 Å². The van der Waals surface area contributed by atoms with Crippen molar-refractivity contribution in [3.8, 4) is 0 Å². The number of Topliss-reactive ketones (excluding diaryl/α,β-unsaturated/α-hetero) is 1. The summed E-state index contributed by atoms with van der Waals surface area (Å²) >= 11 is 0. The molecule has 0 atom stereocenters. The van der Waals surface area contributed by atoms with E-state index in [4.69, 9.17) is 0 Å². The molecule has 1 saturated heterocycles. The predicted molar refractivity (Wildman–Crippen MR) is 90.6 cm³/mol. The molecule has 0 unspecified atom stereocenters. The Morgan fingerprint density at radius 2 is 1.92 bits per heavy atom. The highest BCUT2D eigenvalue weighted by Crippen LogP contribution is 2.22. The fraction of sp³-hybridized carbons (Fsp3) is 0.562. The van der Waals surface area contributed by atoms with E-state index < -0.39 is 15.9 Å². The van der Waals surface area contributed by atoms with E-state index in [9.17, 15) is 18.0 Å². The lowest BCUT2D eigenvalue weighted by atomic mass is 10.2. The van der Waals surface area contributed by atoms with Gasteiger partial charge >= 0.3 is 0 Å². The van der Waals surface area contributed by atoms with E-state index in [0.717, 1.165) is 38.8 Å². The van der Waals surface area contributed by atoms with Gasteiger partial charge in [-0.1, -0.05) is 0 Å². The smallest absolute Gasteiger partial charge is 0.253 e. The van der Waals surface area contributed by atoms with Gasteiger partial charge in [0.15, 0.2) is 5.78 Å². The third-order valence-corrected chi connectivity index (χ3v) is 5.72. The van der Waals surface area contributed by atoms with Crippen LogP contribution in [0.1, 0.15) is 36.0 Å². The van der Waals surface area contributed by atoms with Crippen LogP contribution in [0.5, 0.6) is 0 Å². The van der Waals surface area contributed by atoms with Crippen LogP contribution in [0.15, 0.2) is 23.4 Å². The van der Waals surface area contributed by atoms with Crippen LogP contribution in [-0.2, 0) is 14.8 Å². The molecular weight excluding hydrogens is 344 g/mol. The van der Waals surface area contributed by atoms with Gasteiger partial charge in [-0.3, -0.25) is 19.5 Å². The number of ketones is 1. The SMILES string of the molecule is O=C(CNC(=O)c1cncc(S(=O)(=O)NC2CC2)c1)CN1CCCC1. The second-order valence-electron chi connectivity index (χ2n) is 6.51. The molecule has 8 nitrogen and oxygen atoms in total. The van der Waals surface area contributed by atoms with E-state index in [-0.39, 0.29) is 28.8 Å². The first-order valence-electron chi connectivity index (χ1n) is 8.44. The summed E-state index contributed by atoms with van der Waals surface area (Å²) in [6, 6.07) is 1.25. The average molecular weight is 366 g/mol. The van der Waals surface area contributed by atoms with Crippen molar-refractivity contribution in [1.82, 2.24) is 19.9 Å². The molecule has 1 aliphatic heterocycles. The predicted octanol–water partition coefficient (Wildman–Crippen LogP) is -0.0830. The van der Waals surface area contributed by atoms with Crippen LogP contribution in [0.4, 0.5) is 0 Å². The van der Waals surface area contributed by atoms with Crippen molar-refractivity contribution >= 4 is 21.7 Å². The summed E-state index contributed by atoms with van der Waals surface area (Å²) in [5, 5.41) is 2.53. The Hall–Kier alpha value is -1.84. The molecule has 0 bridgehead atoms. The van der Waals surface area contributed by atoms with Gasteiger partial charge in [-0.25, -0.2) is 13.1 Å². The molecule has 2 aliphatic rings. The Morgan fingerprint density at radius 3 is 2.60 bits per heavy atom. The highest BCUT2D eigenvalue weighted by molar-refractivity contribution is 7.89. The number of pyridine rings is 1. The van der Waals surface area contributed by atoms with Gasteiger partial charge in [-0.2, -0.15) is 0 Å². The van der Waals surface area contributed by atoms with Crippen molar-refractivity contribution in [2.24, 2.45) is 0 Å². The molecule has 1 aromatic heterocycles. The summed E-state index contributed by atoms with van der Waals surface area (Å²) < 4.78 is 26.9. The van der Waals surface area contributed by atoms with Crippen molar-refractivity contribution in [2.45, 2.75) is 36.6 Å². The van der Waals surface area contributed by atoms with E-state index in [1.165, 1.54) is 18.5 Å². The second-order valence-corrected chi connectivity index (χ2v) is 8.22. The second kappa shape index (κ2) is 7.59. The van der Waals surface area contributed by atoms with Crippen molar-refractivity contribution in [3.05, 3.63) is 24.0 Å². The maximum absolute atomic E-state index is 12.2. The number of carbonyl (C=O) groups excluding carboxylic acids is 2. The van der Waals surface area contributed by atoms with Crippen LogP contribution in [0, 0.1) is 0 Å². The molecule has 1 aliphatic carbocycles. The van der Waals surface area contributed by atoms with Crippen LogP contribution < -0.4 is 10.0 Å². The zero-order chi connectivity index (χ0) is 17.9. The summed E-state index contributed by atoms with van der Waals surface area (Å²) in [4.78, 5) is 29.9. The van der Waals surface area contributed by atoms with Crippen LogP contribution in [0.2, 0.25) is 0 Å². The number of likely N-dealkylation sites (tertiary alicyclic amines) is 1. The first kappa shape index (κ1) is 18.0. The highest BCUT2D eigenvalue weighted by atomic mass is 32.2. The quantitative estimate of drug-likeness (QED) is 0.666. The molecule has 136 valence electrons. The zero-order valence-corrected chi connectivity index (χ0v) is 14.7. The van der Waals surface area contributed by atoms with Crippen molar-refractivity contribution in [1.29, 1.82) is 0 Å². The summed E-state index contributed by atoms with van der Waals surface area (Å²) in [6.45, 7) is 2.08. The number of nitrogens with one attached hydrogen (secondary N) is 2. The summed E-state index contributed by atoms with van der Waals surface area (Å²) in [6.07, 6.45) is 6.34. The molecule has 1 saturated carbocycles. The Balaban J connectivity index is 1.56. The number of aromatic nitrogens is 1. The third kappa shape index (κ3) is 5.07. The Morgan fingerprint density at radius 1 is 1.20 bits per heavy atom. The highest BCUT2D eigenvalue weighted by Gasteiger charge is 2.28. The lowest BCUT2D eigenvalue weighted by molar-refractivity contribution is -0.119. The maximum atomic E-state index is 12.2. The Bertz CT molecular complexity index is 755. The summed E-state index contributed by atoms with van der Waals surface area (Å²) in [7, 11) is -3.67. The molecule has 0 aromatic carbocycles. The molecule has 0 radical (unpaired) electrons. The molecule has 1 amide bonds. The Kier molecular flexibility index (Phi) is 5.45. The number of hydrogen-bond acceptors (Lipinski definition) is 6. The van der Waals surface area contributed by atoms with Crippen LogP contribution in [-0.4, -0.2) is 62.2 Å². The lowest BCUT2D eigenvalue weighted by Gasteiger charge is -2.13. The van der Waals surface area contributed by atoms with Gasteiger partial charge in [0.2, 0.25) is 10.0 Å². The molecule has 9 heteroatoms. The summed E-state index contributed by atoms with van der Waals surface area (Å²) in [5.74, 6) is -0.576. The van der Waals surface area contributed by atoms with E-state index in [2.05, 4.69) is 19.9 Å². The third-order valence-electron chi connectivity index (χ3n) is 4.23. The molecule has 25 heavy (non-hydrogen) atoms. The number of nitrogens with zero attached hydrogens (tertiary/aromatic N) is 2. The average Bonchev–Trinajstić information content (AvgIpc) is 3.24. The van der Waals surface area contributed by atoms with Gasteiger partial charge in [0.05, 0.1) is 18.7 Å². The van der Waals surface area contributed by atoms with E-state index in [1.54, 1.807) is 0 Å². The molecule has 2 heterocycles. The number of carbonyl (C=O) groups is 2. The standard InChI is InChI=1S/C16H22N4O4S/c21-14(11-20-5-1-2-6-20)9-18-16(22)12-7-15(10-17-8-12)25(23,24)19-13-3-4-13/h7-8,10,13,19H,1-6,9,11H2,(H,18,22). The van der Waals surface area contributed by atoms with Gasteiger partial charge < -0.3 is 5.32 Å². The number of rotatable bonds is 8. The van der Waals surface area contributed by atoms with Crippen molar-refractivity contribution in [2.75, 3.05) is 26.2 Å². The fourth-order valence-electron chi connectivity index (χ4n) is 2.71. The van der Waals surface area contributed by atoms with Crippen LogP contribution in [0.3, 0.4) is 0 Å². The maximum Gasteiger partial charge on any atom is 0.253 e. The van der Waals surface area contributed by atoms with Crippen molar-refractivity contribution < 1.29 is 18.0 Å². The molecule has 1 aromatic rings. The molecule has 3 rings (SSSR count). The van der Waals surface area contributed by atoms with Crippen LogP contribution >= 0.6 is 0 Å². The number of hydrogen-bond donors (Lipinski definition) is 2. The van der Waals surface area contributed by atoms with E-state index >= 15 is 0 Å². The van der Waals surface area contributed by atoms with Gasteiger partial charge in [0.1, 0.15) is 4.90 Å². The number of amides is 1. The minimum Gasteiger partial charge on any atom is -0.345 e. The van der Waals surface area contributed by atoms with Gasteiger partial charge in [-0.05, 0) is 44.8 Å². The van der Waals surface area contributed by atoms with Gasteiger partial charge in [0, 0.05) is 18.4 Å². The first-order valence-corrected chi connectivity index (χ1v) is 9.92. The summed E-state index contributed by atoms with van der Waals surface area (Å²) in [5.41, 5.74) is 0.118. The van der Waals surface area contributed by atoms with Crippen molar-refractivity contribution in [3.63, 3.8) is 0 Å².